The average Bonchev–Trinajstić information content (AvgIpc) is 3.94. The number of hydrogen-bond acceptors (Lipinski definition) is 5. The molecule has 3 aromatic carbocycles. The normalized spacial score (nSPS) is 19.3. The summed E-state index contributed by atoms with van der Waals surface area (Å²) in [6, 6.07) is 26.5. The summed E-state index contributed by atoms with van der Waals surface area (Å²) in [5.41, 5.74) is 6.18. The number of benzene rings is 3. The summed E-state index contributed by atoms with van der Waals surface area (Å²) >= 11 is 0. The van der Waals surface area contributed by atoms with Gasteiger partial charge in [0.05, 0.1) is 23.8 Å². The maximum absolute atomic E-state index is 13.6. The standard InChI is InChI=1S/C35H36N2O4/c1-5-40-34(39)35(18-19-35)26-16-17-27(25-14-10-7-11-15-25)29(20-26)32-31(22(2)36-41-32)28-21-30(28)33(38)37(4)23(3)24-12-8-6-9-13-24/h6-17,20,23,28,30H,5,18-19,21H2,1-4H3/t23-,28?,30?/m1/s1. The first-order valence-corrected chi connectivity index (χ1v) is 14.5. The van der Waals surface area contributed by atoms with Gasteiger partial charge in [0.1, 0.15) is 0 Å². The second-order valence-corrected chi connectivity index (χ2v) is 11.4. The van der Waals surface area contributed by atoms with Crippen LogP contribution < -0.4 is 0 Å². The minimum absolute atomic E-state index is 0.0213. The molecule has 0 N–H and O–H groups in total. The third kappa shape index (κ3) is 4.86. The molecule has 6 rings (SSSR count). The molecule has 2 aliphatic rings. The molecule has 41 heavy (non-hydrogen) atoms. The first-order valence-electron chi connectivity index (χ1n) is 14.5. The Labute approximate surface area is 241 Å². The van der Waals surface area contributed by atoms with Crippen molar-refractivity contribution in [2.75, 3.05) is 13.7 Å². The number of carbonyl (C=O) groups is 2. The predicted octanol–water partition coefficient (Wildman–Crippen LogP) is 7.23. The fraction of sp³-hybridized carbons (Fsp3) is 0.343. The van der Waals surface area contributed by atoms with Gasteiger partial charge >= 0.3 is 5.97 Å². The summed E-state index contributed by atoms with van der Waals surface area (Å²) in [4.78, 5) is 28.4. The van der Waals surface area contributed by atoms with Gasteiger partial charge < -0.3 is 14.2 Å². The molecule has 1 aromatic heterocycles. The van der Waals surface area contributed by atoms with E-state index >= 15 is 0 Å². The largest absolute Gasteiger partial charge is 0.465 e. The minimum atomic E-state index is -0.608. The third-order valence-corrected chi connectivity index (χ3v) is 8.91. The zero-order valence-electron chi connectivity index (χ0n) is 24.1. The highest BCUT2D eigenvalue weighted by Gasteiger charge is 2.53. The second-order valence-electron chi connectivity index (χ2n) is 11.4. The van der Waals surface area contributed by atoms with Crippen molar-refractivity contribution in [3.05, 3.63) is 101 Å². The Morgan fingerprint density at radius 2 is 1.71 bits per heavy atom. The monoisotopic (exact) mass is 548 g/mol. The van der Waals surface area contributed by atoms with Crippen LogP contribution in [0, 0.1) is 12.8 Å². The molecule has 210 valence electrons. The summed E-state index contributed by atoms with van der Waals surface area (Å²) in [6.45, 7) is 6.21. The van der Waals surface area contributed by atoms with Crippen LogP contribution in [0.2, 0.25) is 0 Å². The van der Waals surface area contributed by atoms with Crippen LogP contribution >= 0.6 is 0 Å². The van der Waals surface area contributed by atoms with Gasteiger partial charge in [-0.15, -0.1) is 0 Å². The van der Waals surface area contributed by atoms with E-state index in [-0.39, 0.29) is 29.8 Å². The lowest BCUT2D eigenvalue weighted by molar-refractivity contribution is -0.146. The maximum Gasteiger partial charge on any atom is 0.316 e. The predicted molar refractivity (Wildman–Crippen MR) is 158 cm³/mol. The number of amides is 1. The molecule has 0 bridgehead atoms. The van der Waals surface area contributed by atoms with E-state index in [1.807, 2.05) is 68.3 Å². The van der Waals surface area contributed by atoms with Crippen molar-refractivity contribution >= 4 is 11.9 Å². The van der Waals surface area contributed by atoms with Gasteiger partial charge in [-0.2, -0.15) is 0 Å². The van der Waals surface area contributed by atoms with Crippen molar-refractivity contribution in [2.45, 2.75) is 57.4 Å². The summed E-state index contributed by atoms with van der Waals surface area (Å²) < 4.78 is 11.5. The third-order valence-electron chi connectivity index (χ3n) is 8.91. The Balaban J connectivity index is 1.36. The Morgan fingerprint density at radius 1 is 1.02 bits per heavy atom. The van der Waals surface area contributed by atoms with Crippen LogP contribution in [-0.4, -0.2) is 35.6 Å². The van der Waals surface area contributed by atoms with Gasteiger partial charge in [0.15, 0.2) is 5.76 Å². The van der Waals surface area contributed by atoms with E-state index in [4.69, 9.17) is 9.26 Å². The van der Waals surface area contributed by atoms with Crippen molar-refractivity contribution in [1.82, 2.24) is 10.1 Å². The van der Waals surface area contributed by atoms with E-state index in [9.17, 15) is 9.59 Å². The van der Waals surface area contributed by atoms with Gasteiger partial charge in [0, 0.05) is 30.0 Å². The quantitative estimate of drug-likeness (QED) is 0.206. The van der Waals surface area contributed by atoms with E-state index in [0.717, 1.165) is 58.3 Å². The molecular formula is C35H36N2O4. The van der Waals surface area contributed by atoms with Crippen molar-refractivity contribution in [2.24, 2.45) is 5.92 Å². The number of ether oxygens (including phenoxy) is 1. The van der Waals surface area contributed by atoms with Crippen LogP contribution in [0.25, 0.3) is 22.5 Å². The van der Waals surface area contributed by atoms with Gasteiger partial charge in [0.2, 0.25) is 5.91 Å². The van der Waals surface area contributed by atoms with Crippen LogP contribution in [0.15, 0.2) is 83.4 Å². The molecule has 2 aliphatic carbocycles. The van der Waals surface area contributed by atoms with Crippen LogP contribution in [0.3, 0.4) is 0 Å². The van der Waals surface area contributed by atoms with Crippen molar-refractivity contribution < 1.29 is 18.8 Å². The topological polar surface area (TPSA) is 72.6 Å². The van der Waals surface area contributed by atoms with Gasteiger partial charge in [-0.3, -0.25) is 9.59 Å². The molecule has 0 saturated heterocycles. The van der Waals surface area contributed by atoms with Gasteiger partial charge in [-0.25, -0.2) is 0 Å². The van der Waals surface area contributed by atoms with E-state index in [2.05, 4.69) is 48.5 Å². The van der Waals surface area contributed by atoms with Crippen molar-refractivity contribution in [1.29, 1.82) is 0 Å². The van der Waals surface area contributed by atoms with Crippen LogP contribution in [0.4, 0.5) is 0 Å². The molecule has 0 aliphatic heterocycles. The lowest BCUT2D eigenvalue weighted by atomic mass is 9.88. The molecule has 2 unspecified atom stereocenters. The molecule has 2 fully saturated rings. The zero-order valence-corrected chi connectivity index (χ0v) is 24.1. The van der Waals surface area contributed by atoms with Gasteiger partial charge in [-0.1, -0.05) is 78.0 Å². The van der Waals surface area contributed by atoms with Gasteiger partial charge in [0.25, 0.3) is 0 Å². The van der Waals surface area contributed by atoms with Crippen LogP contribution in [-0.2, 0) is 19.7 Å². The Bertz CT molecular complexity index is 1570. The van der Waals surface area contributed by atoms with E-state index in [1.165, 1.54) is 0 Å². The fourth-order valence-electron chi connectivity index (χ4n) is 6.11. The van der Waals surface area contributed by atoms with Crippen molar-refractivity contribution in [3.63, 3.8) is 0 Å². The fourth-order valence-corrected chi connectivity index (χ4v) is 6.11. The number of nitrogens with zero attached hydrogens (tertiary/aromatic N) is 2. The van der Waals surface area contributed by atoms with E-state index < -0.39 is 5.41 Å². The molecule has 0 radical (unpaired) electrons. The average molecular weight is 549 g/mol. The molecule has 3 atom stereocenters. The highest BCUT2D eigenvalue weighted by molar-refractivity contribution is 5.90. The molecule has 0 spiro atoms. The summed E-state index contributed by atoms with van der Waals surface area (Å²) in [6.07, 6.45) is 2.29. The smallest absolute Gasteiger partial charge is 0.316 e. The number of aryl methyl sites for hydroxylation is 1. The molecule has 4 aromatic rings. The first kappa shape index (κ1) is 27.0. The first-order chi connectivity index (χ1) is 19.9. The van der Waals surface area contributed by atoms with Crippen LogP contribution in [0.5, 0.6) is 0 Å². The molecule has 1 amide bonds. The molecule has 2 saturated carbocycles. The van der Waals surface area contributed by atoms with E-state index in [0.29, 0.717) is 12.4 Å². The Morgan fingerprint density at radius 3 is 2.37 bits per heavy atom. The molecular weight excluding hydrogens is 512 g/mol. The number of esters is 1. The van der Waals surface area contributed by atoms with E-state index in [1.54, 1.807) is 0 Å². The Hall–Kier alpha value is -4.19. The lowest BCUT2D eigenvalue weighted by Gasteiger charge is -2.25. The molecule has 6 heteroatoms. The lowest BCUT2D eigenvalue weighted by Crippen LogP contribution is -2.31. The number of rotatable bonds is 9. The zero-order chi connectivity index (χ0) is 28.7. The summed E-state index contributed by atoms with van der Waals surface area (Å²) in [7, 11) is 1.89. The molecule has 6 nitrogen and oxygen atoms in total. The Kier molecular flexibility index (Phi) is 7.02. The number of hydrogen-bond donors (Lipinski definition) is 0. The number of carbonyl (C=O) groups excluding carboxylic acids is 2. The van der Waals surface area contributed by atoms with Crippen molar-refractivity contribution in [3.8, 4) is 22.5 Å². The molecule has 1 heterocycles. The highest BCUT2D eigenvalue weighted by Crippen LogP contribution is 2.55. The second kappa shape index (κ2) is 10.7. The SMILES string of the molecule is CCOC(=O)C1(c2ccc(-c3ccccc3)c(-c3onc(C)c3C3CC3C(=O)N(C)[C@H](C)c3ccccc3)c2)CC1. The van der Waals surface area contributed by atoms with Gasteiger partial charge in [-0.05, 0) is 68.4 Å². The maximum atomic E-state index is 13.6. The van der Waals surface area contributed by atoms with Crippen LogP contribution in [0.1, 0.15) is 67.5 Å². The summed E-state index contributed by atoms with van der Waals surface area (Å²) in [5, 5.41) is 4.39. The number of aromatic nitrogens is 1. The summed E-state index contributed by atoms with van der Waals surface area (Å²) in [5.74, 6) is 0.550. The minimum Gasteiger partial charge on any atom is -0.465 e. The highest BCUT2D eigenvalue weighted by atomic mass is 16.5.